The molecule has 0 bridgehead atoms. The van der Waals surface area contributed by atoms with E-state index in [-0.39, 0.29) is 25.1 Å². The van der Waals surface area contributed by atoms with Crippen LogP contribution >= 0.6 is 0 Å². The highest BCUT2D eigenvalue weighted by Gasteiger charge is 2.13. The summed E-state index contributed by atoms with van der Waals surface area (Å²) in [6.07, 6.45) is 0.0920. The lowest BCUT2D eigenvalue weighted by molar-refractivity contribution is -0.154. The fraction of sp³-hybridized carbons (Fsp3) is 0.333. The zero-order valence-electron chi connectivity index (χ0n) is 9.83. The third-order valence-electron chi connectivity index (χ3n) is 2.15. The van der Waals surface area contributed by atoms with Crippen LogP contribution in [0.25, 0.3) is 0 Å². The van der Waals surface area contributed by atoms with Crippen LogP contribution in [0.4, 0.5) is 8.78 Å². The van der Waals surface area contributed by atoms with Gasteiger partial charge in [-0.25, -0.2) is 13.6 Å². The molecule has 1 N–H and O–H groups in total. The Bertz CT molecular complexity index is 449. The quantitative estimate of drug-likeness (QED) is 0.651. The summed E-state index contributed by atoms with van der Waals surface area (Å²) in [5.41, 5.74) is 0.138. The molecule has 0 aliphatic rings. The van der Waals surface area contributed by atoms with Crippen molar-refractivity contribution in [3.63, 3.8) is 0 Å². The van der Waals surface area contributed by atoms with E-state index < -0.39 is 23.5 Å². The largest absolute Gasteiger partial charge is 0.459 e. The van der Waals surface area contributed by atoms with Gasteiger partial charge in [0.15, 0.2) is 0 Å². The van der Waals surface area contributed by atoms with E-state index in [0.717, 1.165) is 18.2 Å². The van der Waals surface area contributed by atoms with E-state index in [1.807, 2.05) is 0 Å². The molecular weight excluding hydrogens is 244 g/mol. The van der Waals surface area contributed by atoms with Crippen LogP contribution in [0.5, 0.6) is 0 Å². The number of rotatable bonds is 4. The highest BCUT2D eigenvalue weighted by Crippen LogP contribution is 2.09. The number of amides is 1. The van der Waals surface area contributed by atoms with Gasteiger partial charge < -0.3 is 10.1 Å². The Morgan fingerprint density at radius 3 is 2.72 bits per heavy atom. The van der Waals surface area contributed by atoms with Crippen molar-refractivity contribution in [1.82, 2.24) is 5.32 Å². The first kappa shape index (κ1) is 14.1. The molecule has 0 aromatic heterocycles. The normalized spacial score (nSPS) is 9.94. The predicted molar refractivity (Wildman–Crippen MR) is 59.7 cm³/mol. The number of hydrogen-bond acceptors (Lipinski definition) is 3. The van der Waals surface area contributed by atoms with Gasteiger partial charge in [-0.2, -0.15) is 0 Å². The Morgan fingerprint density at radius 2 is 2.06 bits per heavy atom. The number of carbonyl (C=O) groups excluding carboxylic acids is 2. The molecule has 0 atom stereocenters. The second kappa shape index (κ2) is 6.68. The van der Waals surface area contributed by atoms with Crippen molar-refractivity contribution in [1.29, 1.82) is 0 Å². The summed E-state index contributed by atoms with van der Waals surface area (Å²) in [5, 5.41) is 2.26. The zero-order chi connectivity index (χ0) is 13.5. The average Bonchev–Trinajstić information content (AvgIpc) is 2.33. The molecule has 1 aromatic rings. The maximum atomic E-state index is 13.2. The summed E-state index contributed by atoms with van der Waals surface area (Å²) in [7, 11) is 0. The Kier molecular flexibility index (Phi) is 5.23. The number of carbonyl (C=O) groups is 2. The molecule has 6 heteroatoms. The van der Waals surface area contributed by atoms with E-state index in [0.29, 0.717) is 0 Å². The molecule has 1 amide bonds. The molecule has 0 aliphatic heterocycles. The molecule has 0 spiro atoms. The number of halogens is 2. The summed E-state index contributed by atoms with van der Waals surface area (Å²) in [6.45, 7) is 1.70. The fourth-order valence-corrected chi connectivity index (χ4v) is 1.31. The highest BCUT2D eigenvalue weighted by molar-refractivity contribution is 6.32. The molecule has 4 nitrogen and oxygen atoms in total. The molecule has 0 heterocycles. The molecule has 0 aliphatic carbocycles. The summed E-state index contributed by atoms with van der Waals surface area (Å²) in [6, 6.07) is 3.07. The number of benzene rings is 1. The molecular formula is C12H13F2NO3. The first-order valence-electron chi connectivity index (χ1n) is 5.43. The Morgan fingerprint density at radius 1 is 1.33 bits per heavy atom. The lowest BCUT2D eigenvalue weighted by Crippen LogP contribution is -2.33. The van der Waals surface area contributed by atoms with Gasteiger partial charge in [0.25, 0.3) is 0 Å². The third-order valence-corrected chi connectivity index (χ3v) is 2.15. The Hall–Kier alpha value is -1.98. The Balaban J connectivity index is 2.44. The topological polar surface area (TPSA) is 55.4 Å². The van der Waals surface area contributed by atoms with Gasteiger partial charge in [0.2, 0.25) is 0 Å². The summed E-state index contributed by atoms with van der Waals surface area (Å²) in [4.78, 5) is 22.1. The van der Waals surface area contributed by atoms with Gasteiger partial charge in [0, 0.05) is 6.54 Å². The molecule has 0 unspecified atom stereocenters. The minimum Gasteiger partial charge on any atom is -0.459 e. The van der Waals surface area contributed by atoms with Crippen molar-refractivity contribution in [2.24, 2.45) is 0 Å². The van der Waals surface area contributed by atoms with Gasteiger partial charge in [0.1, 0.15) is 11.6 Å². The lowest BCUT2D eigenvalue weighted by atomic mass is 10.1. The van der Waals surface area contributed by atoms with Crippen LogP contribution in [0.1, 0.15) is 12.5 Å². The molecule has 18 heavy (non-hydrogen) atoms. The molecule has 98 valence electrons. The van der Waals surface area contributed by atoms with E-state index in [1.54, 1.807) is 6.92 Å². The monoisotopic (exact) mass is 257 g/mol. The summed E-state index contributed by atoms with van der Waals surface area (Å²) < 4.78 is 30.5. The number of ether oxygens (including phenoxy) is 1. The van der Waals surface area contributed by atoms with Crippen LogP contribution in [0, 0.1) is 11.6 Å². The van der Waals surface area contributed by atoms with Crippen LogP contribution in [0.3, 0.4) is 0 Å². The Labute approximate surface area is 103 Å². The summed E-state index contributed by atoms with van der Waals surface area (Å²) in [5.74, 6) is -2.99. The third kappa shape index (κ3) is 4.12. The van der Waals surface area contributed by atoms with Gasteiger partial charge in [0.05, 0.1) is 6.61 Å². The number of hydrogen-bond donors (Lipinski definition) is 1. The van der Waals surface area contributed by atoms with Crippen molar-refractivity contribution >= 4 is 11.9 Å². The maximum absolute atomic E-state index is 13.2. The number of nitrogens with one attached hydrogen (secondary N) is 1. The zero-order valence-corrected chi connectivity index (χ0v) is 9.83. The van der Waals surface area contributed by atoms with Crippen LogP contribution in [-0.2, 0) is 20.7 Å². The van der Waals surface area contributed by atoms with Crippen molar-refractivity contribution in [3.05, 3.63) is 35.4 Å². The maximum Gasteiger partial charge on any atom is 0.396 e. The van der Waals surface area contributed by atoms with Gasteiger partial charge in [-0.1, -0.05) is 0 Å². The van der Waals surface area contributed by atoms with E-state index in [4.69, 9.17) is 0 Å². The molecule has 0 radical (unpaired) electrons. The SMILES string of the molecule is CCOC(=O)C(=O)NCCc1cc(F)ccc1F. The van der Waals surface area contributed by atoms with Gasteiger partial charge in [-0.15, -0.1) is 0 Å². The average molecular weight is 257 g/mol. The van der Waals surface area contributed by atoms with E-state index >= 15 is 0 Å². The van der Waals surface area contributed by atoms with E-state index in [2.05, 4.69) is 10.1 Å². The fourth-order valence-electron chi connectivity index (χ4n) is 1.31. The van der Waals surface area contributed by atoms with Gasteiger partial charge in [-0.3, -0.25) is 4.79 Å². The molecule has 0 saturated heterocycles. The van der Waals surface area contributed by atoms with Crippen LogP contribution < -0.4 is 5.32 Å². The van der Waals surface area contributed by atoms with Crippen molar-refractivity contribution < 1.29 is 23.1 Å². The highest BCUT2D eigenvalue weighted by atomic mass is 19.1. The van der Waals surface area contributed by atoms with Crippen LogP contribution in [-0.4, -0.2) is 25.0 Å². The van der Waals surface area contributed by atoms with Crippen molar-refractivity contribution in [2.45, 2.75) is 13.3 Å². The lowest BCUT2D eigenvalue weighted by Gasteiger charge is -2.05. The smallest absolute Gasteiger partial charge is 0.396 e. The van der Waals surface area contributed by atoms with Gasteiger partial charge in [-0.05, 0) is 37.1 Å². The molecule has 1 aromatic carbocycles. The second-order valence-corrected chi connectivity index (χ2v) is 3.46. The summed E-state index contributed by atoms with van der Waals surface area (Å²) >= 11 is 0. The number of esters is 1. The van der Waals surface area contributed by atoms with E-state index in [9.17, 15) is 18.4 Å². The predicted octanol–water partition coefficient (Wildman–Crippen LogP) is 1.19. The van der Waals surface area contributed by atoms with Gasteiger partial charge >= 0.3 is 11.9 Å². The van der Waals surface area contributed by atoms with Crippen LogP contribution in [0.15, 0.2) is 18.2 Å². The minimum atomic E-state index is -0.989. The first-order chi connectivity index (χ1) is 8.54. The van der Waals surface area contributed by atoms with Crippen molar-refractivity contribution in [3.8, 4) is 0 Å². The van der Waals surface area contributed by atoms with E-state index in [1.165, 1.54) is 0 Å². The van der Waals surface area contributed by atoms with Crippen molar-refractivity contribution in [2.75, 3.05) is 13.2 Å². The standard InChI is InChI=1S/C12H13F2NO3/c1-2-18-12(17)11(16)15-6-5-8-7-9(13)3-4-10(8)14/h3-4,7H,2,5-6H2,1H3,(H,15,16). The molecule has 0 saturated carbocycles. The minimum absolute atomic E-state index is 0.0258. The molecule has 0 fully saturated rings. The van der Waals surface area contributed by atoms with Crippen LogP contribution in [0.2, 0.25) is 0 Å². The first-order valence-corrected chi connectivity index (χ1v) is 5.43. The second-order valence-electron chi connectivity index (χ2n) is 3.46. The molecule has 1 rings (SSSR count).